The largest absolute Gasteiger partial charge is 0.573 e. The second kappa shape index (κ2) is 15.8. The van der Waals surface area contributed by atoms with Crippen LogP contribution in [0.25, 0.3) is 0 Å². The van der Waals surface area contributed by atoms with Crippen LogP contribution in [0.1, 0.15) is 53.9 Å². The van der Waals surface area contributed by atoms with Gasteiger partial charge in [0.05, 0.1) is 11.4 Å². The Bertz CT molecular complexity index is 566. The molecule has 0 aromatic heterocycles. The molecule has 2 unspecified atom stereocenters. The highest BCUT2D eigenvalue weighted by molar-refractivity contribution is 5.70. The molecule has 9 heteroatoms. The maximum atomic E-state index is 12.1. The van der Waals surface area contributed by atoms with Crippen LogP contribution in [0.2, 0.25) is 0 Å². The first-order valence-corrected chi connectivity index (χ1v) is 10.0. The molecular formula is C21H38F3N3O3. The van der Waals surface area contributed by atoms with Crippen molar-refractivity contribution in [3.63, 3.8) is 0 Å². The van der Waals surface area contributed by atoms with E-state index in [-0.39, 0.29) is 23.9 Å². The SMILES string of the molecule is C=O.CCC(C)Nc1cc(OC(F)(F)F)ccc1NC.CCNC(C)(CC)CCO. The van der Waals surface area contributed by atoms with Crippen molar-refractivity contribution in [1.29, 1.82) is 0 Å². The van der Waals surface area contributed by atoms with Crippen molar-refractivity contribution in [1.82, 2.24) is 5.32 Å². The lowest BCUT2D eigenvalue weighted by molar-refractivity contribution is -0.274. The van der Waals surface area contributed by atoms with Gasteiger partial charge in [0.15, 0.2) is 0 Å². The summed E-state index contributed by atoms with van der Waals surface area (Å²) in [4.78, 5) is 8.00. The second-order valence-electron chi connectivity index (χ2n) is 6.88. The summed E-state index contributed by atoms with van der Waals surface area (Å²) in [7, 11) is 1.71. The summed E-state index contributed by atoms with van der Waals surface area (Å²) in [6.07, 6.45) is -1.89. The quantitative estimate of drug-likeness (QED) is 0.421. The van der Waals surface area contributed by atoms with Gasteiger partial charge in [0, 0.05) is 31.3 Å². The number of ether oxygens (including phenoxy) is 1. The van der Waals surface area contributed by atoms with Crippen molar-refractivity contribution in [3.8, 4) is 5.75 Å². The molecule has 0 radical (unpaired) electrons. The van der Waals surface area contributed by atoms with Gasteiger partial charge >= 0.3 is 6.36 Å². The van der Waals surface area contributed by atoms with Crippen LogP contribution in [-0.2, 0) is 4.79 Å². The number of aliphatic hydroxyl groups excluding tert-OH is 1. The van der Waals surface area contributed by atoms with E-state index in [0.717, 1.165) is 31.5 Å². The fraction of sp³-hybridized carbons (Fsp3) is 0.667. The molecule has 176 valence electrons. The standard InChI is InChI=1S/C12H17F3N2O.C8H19NO.CH2O/c1-4-8(2)17-11-7-9(18-12(13,14)15)5-6-10(11)16-3;1-4-8(3,6-7-10)9-5-2;1-2/h5-8,16-17H,4H2,1-3H3;9-10H,4-7H2,1-3H3;1H2. The minimum absolute atomic E-state index is 0.142. The van der Waals surface area contributed by atoms with Gasteiger partial charge in [-0.05, 0) is 51.8 Å². The number of carbonyl (C=O) groups is 1. The number of carbonyl (C=O) groups excluding carboxylic acids is 1. The van der Waals surface area contributed by atoms with E-state index in [9.17, 15) is 13.2 Å². The number of anilines is 2. The molecule has 30 heavy (non-hydrogen) atoms. The minimum Gasteiger partial charge on any atom is -0.406 e. The van der Waals surface area contributed by atoms with Gasteiger partial charge < -0.3 is 30.6 Å². The van der Waals surface area contributed by atoms with Crippen LogP contribution in [0.3, 0.4) is 0 Å². The summed E-state index contributed by atoms with van der Waals surface area (Å²) >= 11 is 0. The van der Waals surface area contributed by atoms with E-state index in [1.165, 1.54) is 12.1 Å². The molecule has 0 heterocycles. The van der Waals surface area contributed by atoms with Crippen molar-refractivity contribution in [2.45, 2.75) is 71.8 Å². The van der Waals surface area contributed by atoms with Crippen LogP contribution in [0, 0.1) is 0 Å². The molecular weight excluding hydrogens is 399 g/mol. The van der Waals surface area contributed by atoms with Crippen LogP contribution in [-0.4, -0.2) is 50.0 Å². The zero-order valence-electron chi connectivity index (χ0n) is 18.9. The third-order valence-electron chi connectivity index (χ3n) is 4.56. The lowest BCUT2D eigenvalue weighted by Crippen LogP contribution is -2.42. The number of hydrogen-bond acceptors (Lipinski definition) is 6. The Morgan fingerprint density at radius 1 is 1.17 bits per heavy atom. The van der Waals surface area contributed by atoms with Crippen molar-refractivity contribution in [3.05, 3.63) is 18.2 Å². The van der Waals surface area contributed by atoms with Gasteiger partial charge in [-0.3, -0.25) is 0 Å². The molecule has 4 N–H and O–H groups in total. The van der Waals surface area contributed by atoms with Crippen LogP contribution < -0.4 is 20.7 Å². The van der Waals surface area contributed by atoms with Gasteiger partial charge in [0.25, 0.3) is 0 Å². The lowest BCUT2D eigenvalue weighted by Gasteiger charge is -2.28. The smallest absolute Gasteiger partial charge is 0.406 e. The van der Waals surface area contributed by atoms with Crippen LogP contribution in [0.5, 0.6) is 5.75 Å². The Kier molecular flexibility index (Phi) is 15.9. The average molecular weight is 438 g/mol. The van der Waals surface area contributed by atoms with E-state index in [1.54, 1.807) is 13.1 Å². The lowest BCUT2D eigenvalue weighted by atomic mass is 9.95. The van der Waals surface area contributed by atoms with Gasteiger partial charge in [0.2, 0.25) is 0 Å². The van der Waals surface area contributed by atoms with E-state index in [0.29, 0.717) is 5.69 Å². The van der Waals surface area contributed by atoms with E-state index in [1.807, 2.05) is 20.6 Å². The van der Waals surface area contributed by atoms with Gasteiger partial charge in [0.1, 0.15) is 12.5 Å². The highest BCUT2D eigenvalue weighted by Gasteiger charge is 2.31. The summed E-state index contributed by atoms with van der Waals surface area (Å²) in [6, 6.07) is 4.33. The maximum Gasteiger partial charge on any atom is 0.573 e. The van der Waals surface area contributed by atoms with Crippen molar-refractivity contribution >= 4 is 18.2 Å². The zero-order valence-corrected chi connectivity index (χ0v) is 18.9. The molecule has 1 aromatic carbocycles. The van der Waals surface area contributed by atoms with Gasteiger partial charge in [-0.25, -0.2) is 0 Å². The Labute approximate surface area is 178 Å². The molecule has 0 saturated carbocycles. The number of aliphatic hydroxyl groups is 1. The molecule has 0 bridgehead atoms. The van der Waals surface area contributed by atoms with E-state index in [2.05, 4.69) is 41.5 Å². The molecule has 0 aliphatic heterocycles. The number of alkyl halides is 3. The Morgan fingerprint density at radius 3 is 2.17 bits per heavy atom. The van der Waals surface area contributed by atoms with Crippen LogP contribution in [0.4, 0.5) is 24.5 Å². The van der Waals surface area contributed by atoms with E-state index < -0.39 is 6.36 Å². The molecule has 0 aliphatic rings. The Hall–Kier alpha value is -2.00. The van der Waals surface area contributed by atoms with Crippen molar-refractivity contribution in [2.24, 2.45) is 0 Å². The fourth-order valence-corrected chi connectivity index (χ4v) is 2.49. The molecule has 0 aliphatic carbocycles. The molecule has 2 atom stereocenters. The summed E-state index contributed by atoms with van der Waals surface area (Å²) < 4.78 is 40.3. The summed E-state index contributed by atoms with van der Waals surface area (Å²) in [5, 5.41) is 18.1. The molecule has 0 amide bonds. The topological polar surface area (TPSA) is 82.6 Å². The minimum atomic E-state index is -4.67. The van der Waals surface area contributed by atoms with E-state index >= 15 is 0 Å². The highest BCUT2D eigenvalue weighted by atomic mass is 19.4. The molecule has 1 aromatic rings. The number of hydrogen-bond donors (Lipinski definition) is 4. The third-order valence-corrected chi connectivity index (χ3v) is 4.56. The molecule has 0 fully saturated rings. The van der Waals surface area contributed by atoms with Gasteiger partial charge in [-0.2, -0.15) is 0 Å². The third kappa shape index (κ3) is 13.3. The molecule has 0 spiro atoms. The van der Waals surface area contributed by atoms with E-state index in [4.69, 9.17) is 9.90 Å². The Morgan fingerprint density at radius 2 is 1.77 bits per heavy atom. The summed E-state index contributed by atoms with van der Waals surface area (Å²) in [5.74, 6) is -0.229. The molecule has 6 nitrogen and oxygen atoms in total. The van der Waals surface area contributed by atoms with Crippen molar-refractivity contribution in [2.75, 3.05) is 30.8 Å². The monoisotopic (exact) mass is 437 g/mol. The van der Waals surface area contributed by atoms with Crippen molar-refractivity contribution < 1.29 is 27.8 Å². The maximum absolute atomic E-state index is 12.1. The normalized spacial score (nSPS) is 13.5. The molecule has 1 rings (SSSR count). The Balaban J connectivity index is 0. The first-order valence-electron chi connectivity index (χ1n) is 10.0. The predicted molar refractivity (Wildman–Crippen MR) is 117 cm³/mol. The number of halogens is 3. The zero-order chi connectivity index (χ0) is 23.8. The highest BCUT2D eigenvalue weighted by Crippen LogP contribution is 2.30. The second-order valence-corrected chi connectivity index (χ2v) is 6.88. The van der Waals surface area contributed by atoms with Gasteiger partial charge in [-0.15, -0.1) is 13.2 Å². The average Bonchev–Trinajstić information content (AvgIpc) is 2.69. The first kappa shape index (κ1) is 30.2. The number of nitrogens with one attached hydrogen (secondary N) is 3. The molecule has 0 saturated heterocycles. The number of rotatable bonds is 10. The predicted octanol–water partition coefficient (Wildman–Crippen LogP) is 4.80. The summed E-state index contributed by atoms with van der Waals surface area (Å²) in [5.41, 5.74) is 1.46. The van der Waals surface area contributed by atoms with Crippen LogP contribution in [0.15, 0.2) is 18.2 Å². The summed E-state index contributed by atoms with van der Waals surface area (Å²) in [6.45, 7) is 13.6. The first-order chi connectivity index (χ1) is 14.0. The van der Waals surface area contributed by atoms with Gasteiger partial charge in [-0.1, -0.05) is 20.8 Å². The van der Waals surface area contributed by atoms with Crippen LogP contribution >= 0.6 is 0 Å². The fourth-order valence-electron chi connectivity index (χ4n) is 2.49. The number of benzene rings is 1.